The predicted octanol–water partition coefficient (Wildman–Crippen LogP) is 2.20. The molecule has 0 atom stereocenters. The van der Waals surface area contributed by atoms with Crippen molar-refractivity contribution in [3.8, 4) is 0 Å². The Hall–Kier alpha value is -0.780. The number of hydrogen-bond donors (Lipinski definition) is 1. The molecule has 3 nitrogen and oxygen atoms in total. The number of rotatable bonds is 4. The van der Waals surface area contributed by atoms with Crippen LogP contribution in [-0.2, 0) is 13.1 Å². The predicted molar refractivity (Wildman–Crippen MR) is 59.5 cm³/mol. The van der Waals surface area contributed by atoms with Crippen molar-refractivity contribution in [1.29, 1.82) is 0 Å². The average molecular weight is 225 g/mol. The maximum atomic E-state index is 4.20. The van der Waals surface area contributed by atoms with Crippen molar-refractivity contribution < 1.29 is 0 Å². The molecule has 14 heavy (non-hydrogen) atoms. The minimum absolute atomic E-state index is 0.891. The molecule has 2 aromatic rings. The maximum Gasteiger partial charge on any atom is 0.0798 e. The van der Waals surface area contributed by atoms with Gasteiger partial charge >= 0.3 is 0 Å². The van der Waals surface area contributed by atoms with E-state index in [4.69, 9.17) is 0 Å². The second-order valence-corrected chi connectivity index (χ2v) is 4.84. The highest BCUT2D eigenvalue weighted by Gasteiger charge is 2.00. The van der Waals surface area contributed by atoms with Crippen LogP contribution in [0.3, 0.4) is 0 Å². The molecule has 0 aliphatic rings. The number of hydrogen-bond acceptors (Lipinski definition) is 5. The molecular weight excluding hydrogens is 214 g/mol. The van der Waals surface area contributed by atoms with Crippen molar-refractivity contribution in [3.63, 3.8) is 0 Å². The first kappa shape index (κ1) is 9.76. The second-order valence-electron chi connectivity index (χ2n) is 2.93. The summed E-state index contributed by atoms with van der Waals surface area (Å²) in [7, 11) is 0. The number of thiazole rings is 2. The molecule has 2 heterocycles. The highest BCUT2D eigenvalue weighted by atomic mass is 32.1. The van der Waals surface area contributed by atoms with Crippen molar-refractivity contribution in [3.05, 3.63) is 32.7 Å². The first-order valence-corrected chi connectivity index (χ1v) is 6.09. The van der Waals surface area contributed by atoms with E-state index in [9.17, 15) is 0 Å². The van der Waals surface area contributed by atoms with E-state index >= 15 is 0 Å². The lowest BCUT2D eigenvalue weighted by Crippen LogP contribution is -2.11. The van der Waals surface area contributed by atoms with Crippen LogP contribution in [0.1, 0.15) is 15.4 Å². The van der Waals surface area contributed by atoms with Gasteiger partial charge in [0, 0.05) is 29.0 Å². The van der Waals surface area contributed by atoms with Crippen LogP contribution in [0.25, 0.3) is 0 Å². The number of nitrogens with zero attached hydrogens (tertiary/aromatic N) is 2. The Balaban J connectivity index is 1.81. The molecule has 0 saturated carbocycles. The monoisotopic (exact) mass is 225 g/mol. The van der Waals surface area contributed by atoms with Crippen LogP contribution in [0, 0.1) is 6.92 Å². The Labute approximate surface area is 90.9 Å². The smallest absolute Gasteiger partial charge is 0.0798 e. The molecule has 2 aromatic heterocycles. The van der Waals surface area contributed by atoms with Gasteiger partial charge in [0.2, 0.25) is 0 Å². The summed E-state index contributed by atoms with van der Waals surface area (Å²) in [5.74, 6) is 0. The van der Waals surface area contributed by atoms with Crippen LogP contribution in [0.5, 0.6) is 0 Å². The van der Waals surface area contributed by atoms with Gasteiger partial charge in [-0.25, -0.2) is 4.98 Å². The van der Waals surface area contributed by atoms with Gasteiger partial charge in [0.15, 0.2) is 0 Å². The van der Waals surface area contributed by atoms with Gasteiger partial charge < -0.3 is 5.32 Å². The number of aryl methyl sites for hydroxylation is 1. The third-order valence-corrected chi connectivity index (χ3v) is 3.63. The van der Waals surface area contributed by atoms with E-state index in [1.807, 2.05) is 24.1 Å². The van der Waals surface area contributed by atoms with Gasteiger partial charge in [0.1, 0.15) is 0 Å². The van der Waals surface area contributed by atoms with E-state index in [1.165, 1.54) is 9.75 Å². The molecule has 0 radical (unpaired) electrons. The molecule has 0 bridgehead atoms. The summed E-state index contributed by atoms with van der Waals surface area (Å²) in [6, 6.07) is 0. The molecule has 0 aliphatic carbocycles. The minimum Gasteiger partial charge on any atom is -0.307 e. The molecule has 0 unspecified atom stereocenters. The van der Waals surface area contributed by atoms with Gasteiger partial charge in [-0.1, -0.05) is 0 Å². The Morgan fingerprint density at radius 2 is 2.21 bits per heavy atom. The van der Waals surface area contributed by atoms with Crippen molar-refractivity contribution in [1.82, 2.24) is 15.3 Å². The largest absolute Gasteiger partial charge is 0.307 e. The van der Waals surface area contributed by atoms with Crippen molar-refractivity contribution >= 4 is 22.7 Å². The highest BCUT2D eigenvalue weighted by molar-refractivity contribution is 7.10. The van der Waals surface area contributed by atoms with Gasteiger partial charge in [0.25, 0.3) is 0 Å². The third kappa shape index (κ3) is 2.37. The van der Waals surface area contributed by atoms with Crippen LogP contribution in [0.15, 0.2) is 17.2 Å². The SMILES string of the molecule is Cc1ncsc1CNCc1cncs1. The minimum atomic E-state index is 0.891. The summed E-state index contributed by atoms with van der Waals surface area (Å²) in [6.45, 7) is 3.83. The lowest BCUT2D eigenvalue weighted by Gasteiger charge is -2.00. The van der Waals surface area contributed by atoms with E-state index in [-0.39, 0.29) is 0 Å². The van der Waals surface area contributed by atoms with E-state index in [1.54, 1.807) is 22.7 Å². The van der Waals surface area contributed by atoms with Gasteiger partial charge in [0.05, 0.1) is 16.7 Å². The molecule has 1 N–H and O–H groups in total. The zero-order valence-corrected chi connectivity index (χ0v) is 9.49. The molecule has 74 valence electrons. The van der Waals surface area contributed by atoms with Crippen LogP contribution < -0.4 is 5.32 Å². The molecule has 2 rings (SSSR count). The lowest BCUT2D eigenvalue weighted by molar-refractivity contribution is 0.704. The standard InChI is InChI=1S/C9H11N3S2/c1-7-9(14-6-12-7)4-10-2-8-3-11-5-13-8/h3,5-6,10H,2,4H2,1H3. The zero-order valence-electron chi connectivity index (χ0n) is 7.86. The fourth-order valence-electron chi connectivity index (χ4n) is 1.12. The van der Waals surface area contributed by atoms with Gasteiger partial charge in [-0.05, 0) is 6.92 Å². The van der Waals surface area contributed by atoms with E-state index < -0.39 is 0 Å². The highest BCUT2D eigenvalue weighted by Crippen LogP contribution is 2.12. The van der Waals surface area contributed by atoms with Crippen molar-refractivity contribution in [2.24, 2.45) is 0 Å². The summed E-state index contributed by atoms with van der Waals surface area (Å²) in [5.41, 5.74) is 4.88. The Bertz CT molecular complexity index is 380. The van der Waals surface area contributed by atoms with Crippen molar-refractivity contribution in [2.75, 3.05) is 0 Å². The first-order valence-electron chi connectivity index (χ1n) is 4.33. The quantitative estimate of drug-likeness (QED) is 0.867. The molecule has 0 amide bonds. The first-order chi connectivity index (χ1) is 6.86. The summed E-state index contributed by atoms with van der Waals surface area (Å²) in [4.78, 5) is 10.8. The fourth-order valence-corrected chi connectivity index (χ4v) is 2.44. The van der Waals surface area contributed by atoms with Gasteiger partial charge in [-0.2, -0.15) is 0 Å². The summed E-state index contributed by atoms with van der Waals surface area (Å²) < 4.78 is 0. The molecular formula is C9H11N3S2. The van der Waals surface area contributed by atoms with Crippen LogP contribution in [-0.4, -0.2) is 9.97 Å². The lowest BCUT2D eigenvalue weighted by atomic mass is 10.4. The van der Waals surface area contributed by atoms with E-state index in [2.05, 4.69) is 15.3 Å². The molecule has 0 saturated heterocycles. The Morgan fingerprint density at radius 3 is 2.86 bits per heavy atom. The van der Waals surface area contributed by atoms with Crippen LogP contribution >= 0.6 is 22.7 Å². The maximum absolute atomic E-state index is 4.20. The third-order valence-electron chi connectivity index (χ3n) is 1.91. The normalized spacial score (nSPS) is 10.6. The van der Waals surface area contributed by atoms with E-state index in [0.29, 0.717) is 0 Å². The topological polar surface area (TPSA) is 37.8 Å². The zero-order chi connectivity index (χ0) is 9.80. The Kier molecular flexibility index (Phi) is 3.23. The van der Waals surface area contributed by atoms with Gasteiger partial charge in [-0.3, -0.25) is 4.98 Å². The van der Waals surface area contributed by atoms with E-state index in [0.717, 1.165) is 18.8 Å². The van der Waals surface area contributed by atoms with Crippen LogP contribution in [0.2, 0.25) is 0 Å². The molecule has 0 aromatic carbocycles. The summed E-state index contributed by atoms with van der Waals surface area (Å²) >= 11 is 3.38. The van der Waals surface area contributed by atoms with Gasteiger partial charge in [-0.15, -0.1) is 22.7 Å². The number of nitrogens with one attached hydrogen (secondary N) is 1. The molecule has 0 spiro atoms. The molecule has 5 heteroatoms. The average Bonchev–Trinajstić information content (AvgIpc) is 2.78. The number of aromatic nitrogens is 2. The molecule has 0 aliphatic heterocycles. The van der Waals surface area contributed by atoms with Crippen LogP contribution in [0.4, 0.5) is 0 Å². The second kappa shape index (κ2) is 4.63. The fraction of sp³-hybridized carbons (Fsp3) is 0.333. The summed E-state index contributed by atoms with van der Waals surface area (Å²) in [5, 5.41) is 3.37. The van der Waals surface area contributed by atoms with Crippen molar-refractivity contribution in [2.45, 2.75) is 20.0 Å². The summed E-state index contributed by atoms with van der Waals surface area (Å²) in [6.07, 6.45) is 1.90. The Morgan fingerprint density at radius 1 is 1.29 bits per heavy atom. The molecule has 0 fully saturated rings.